The van der Waals surface area contributed by atoms with Gasteiger partial charge in [0.15, 0.2) is 0 Å². The van der Waals surface area contributed by atoms with Gasteiger partial charge in [-0.15, -0.1) is 0 Å². The molecule has 0 fully saturated rings. The van der Waals surface area contributed by atoms with Crippen LogP contribution in [0.3, 0.4) is 0 Å². The first-order valence-electron chi connectivity index (χ1n) is 13.2. The fourth-order valence-electron chi connectivity index (χ4n) is 4.21. The van der Waals surface area contributed by atoms with E-state index >= 15 is 0 Å². The minimum Gasteiger partial charge on any atom is -0.507 e. The Morgan fingerprint density at radius 3 is 2.15 bits per heavy atom. The van der Waals surface area contributed by atoms with Crippen LogP contribution in [0, 0.1) is 19.8 Å². The number of nitrogens with one attached hydrogen (secondary N) is 2. The van der Waals surface area contributed by atoms with Crippen molar-refractivity contribution >= 4 is 35.2 Å². The molecule has 3 amide bonds. The number of aryl methyl sites for hydroxylation is 2. The highest BCUT2D eigenvalue weighted by Crippen LogP contribution is 2.36. The highest BCUT2D eigenvalue weighted by molar-refractivity contribution is 6.34. The Morgan fingerprint density at radius 2 is 1.62 bits per heavy atom. The van der Waals surface area contributed by atoms with E-state index in [1.54, 1.807) is 71.9 Å². The quantitative estimate of drug-likeness (QED) is 0.324. The van der Waals surface area contributed by atoms with Gasteiger partial charge in [0.25, 0.3) is 5.91 Å². The number of amides is 3. The number of ether oxygens (including phenoxy) is 1. The molecule has 0 aliphatic carbocycles. The van der Waals surface area contributed by atoms with Crippen molar-refractivity contribution in [1.29, 1.82) is 0 Å². The third-order valence-corrected chi connectivity index (χ3v) is 6.80. The normalized spacial score (nSPS) is 13.8. The van der Waals surface area contributed by atoms with Crippen molar-refractivity contribution in [3.8, 4) is 5.75 Å². The Balaban J connectivity index is 2.66. The number of hydrogen-bond donors (Lipinski definition) is 3. The van der Waals surface area contributed by atoms with E-state index in [4.69, 9.17) is 16.3 Å². The summed E-state index contributed by atoms with van der Waals surface area (Å²) in [6, 6.07) is 7.71. The first-order chi connectivity index (χ1) is 18.1. The number of nitrogens with zero attached hydrogens (tertiary/aromatic N) is 1. The Bertz CT molecular complexity index is 1170. The van der Waals surface area contributed by atoms with Crippen LogP contribution in [0.25, 0.3) is 0 Å². The SMILES string of the molecule is CCC(C)N(C(=O)C(NC(=O)OC(C)(C)C)C(C)C)C(C(=O)Nc1c(C)cccc1Cl)c1cccc(C)c1O. The van der Waals surface area contributed by atoms with Gasteiger partial charge in [0.2, 0.25) is 5.91 Å². The zero-order chi connectivity index (χ0) is 29.7. The predicted molar refractivity (Wildman–Crippen MR) is 155 cm³/mol. The van der Waals surface area contributed by atoms with E-state index in [1.807, 2.05) is 26.8 Å². The smallest absolute Gasteiger partial charge is 0.408 e. The molecule has 0 heterocycles. The highest BCUT2D eigenvalue weighted by Gasteiger charge is 2.41. The molecule has 8 nitrogen and oxygen atoms in total. The van der Waals surface area contributed by atoms with Gasteiger partial charge in [0.1, 0.15) is 23.4 Å². The van der Waals surface area contributed by atoms with Crippen LogP contribution >= 0.6 is 11.6 Å². The minimum atomic E-state index is -1.22. The molecule has 39 heavy (non-hydrogen) atoms. The van der Waals surface area contributed by atoms with Crippen molar-refractivity contribution in [1.82, 2.24) is 10.2 Å². The topological polar surface area (TPSA) is 108 Å². The standard InChI is InChI=1S/C30H42ClN3O5/c1-10-20(6)34(28(37)23(17(2)3)33-29(38)39-30(7,8)9)25(21-15-11-14-19(5)26(21)35)27(36)32-24-18(4)13-12-16-22(24)31/h11-17,20,23,25,35H,10H2,1-9H3,(H,32,36)(H,33,38). The number of benzene rings is 2. The van der Waals surface area contributed by atoms with Gasteiger partial charge in [-0.3, -0.25) is 9.59 Å². The number of para-hydroxylation sites is 2. The van der Waals surface area contributed by atoms with Crippen molar-refractivity contribution in [2.75, 3.05) is 5.32 Å². The van der Waals surface area contributed by atoms with Crippen LogP contribution in [-0.2, 0) is 14.3 Å². The number of alkyl carbamates (subject to hydrolysis) is 1. The number of phenols is 1. The lowest BCUT2D eigenvalue weighted by atomic mass is 9.95. The molecule has 0 spiro atoms. The fourth-order valence-corrected chi connectivity index (χ4v) is 4.47. The molecule has 214 valence electrons. The summed E-state index contributed by atoms with van der Waals surface area (Å²) in [4.78, 5) is 42.5. The number of hydrogen-bond acceptors (Lipinski definition) is 5. The lowest BCUT2D eigenvalue weighted by Gasteiger charge is -2.39. The molecule has 2 aromatic rings. The maximum atomic E-state index is 14.3. The number of rotatable bonds is 9. The van der Waals surface area contributed by atoms with Gasteiger partial charge in [0, 0.05) is 11.6 Å². The second-order valence-corrected chi connectivity index (χ2v) is 11.6. The van der Waals surface area contributed by atoms with Gasteiger partial charge in [0.05, 0.1) is 10.7 Å². The monoisotopic (exact) mass is 559 g/mol. The van der Waals surface area contributed by atoms with E-state index in [9.17, 15) is 19.5 Å². The Hall–Kier alpha value is -3.26. The molecule has 0 aliphatic rings. The van der Waals surface area contributed by atoms with E-state index in [0.29, 0.717) is 22.7 Å². The molecule has 0 saturated heterocycles. The number of carbonyl (C=O) groups is 3. The second-order valence-electron chi connectivity index (χ2n) is 11.2. The molecular formula is C30H42ClN3O5. The Morgan fingerprint density at radius 1 is 1.03 bits per heavy atom. The summed E-state index contributed by atoms with van der Waals surface area (Å²) in [5, 5.41) is 17.0. The largest absolute Gasteiger partial charge is 0.507 e. The summed E-state index contributed by atoms with van der Waals surface area (Å²) in [6.45, 7) is 16.1. The molecule has 3 unspecified atom stereocenters. The zero-order valence-corrected chi connectivity index (χ0v) is 25.1. The fraction of sp³-hybridized carbons (Fsp3) is 0.500. The van der Waals surface area contributed by atoms with Gasteiger partial charge < -0.3 is 25.4 Å². The second kappa shape index (κ2) is 13.2. The molecule has 3 N–H and O–H groups in total. The predicted octanol–water partition coefficient (Wildman–Crippen LogP) is 6.52. The molecule has 0 saturated carbocycles. The molecular weight excluding hydrogens is 518 g/mol. The van der Waals surface area contributed by atoms with E-state index in [1.165, 1.54) is 4.90 Å². The van der Waals surface area contributed by atoms with Crippen LogP contribution in [0.4, 0.5) is 10.5 Å². The third kappa shape index (κ3) is 8.12. The van der Waals surface area contributed by atoms with Crippen LogP contribution in [0.15, 0.2) is 36.4 Å². The first kappa shape index (κ1) is 32.0. The molecule has 0 radical (unpaired) electrons. The number of halogens is 1. The van der Waals surface area contributed by atoms with Crippen LogP contribution in [-0.4, -0.2) is 45.6 Å². The van der Waals surface area contributed by atoms with E-state index in [0.717, 1.165) is 5.56 Å². The maximum Gasteiger partial charge on any atom is 0.408 e. The summed E-state index contributed by atoms with van der Waals surface area (Å²) in [7, 11) is 0. The van der Waals surface area contributed by atoms with Crippen LogP contribution in [0.2, 0.25) is 5.02 Å². The van der Waals surface area contributed by atoms with Crippen molar-refractivity contribution in [3.05, 3.63) is 58.1 Å². The molecule has 9 heteroatoms. The average Bonchev–Trinajstić information content (AvgIpc) is 2.83. The molecule has 2 rings (SSSR count). The minimum absolute atomic E-state index is 0.0872. The van der Waals surface area contributed by atoms with Crippen molar-refractivity contribution in [2.45, 2.75) is 92.5 Å². The summed E-state index contributed by atoms with van der Waals surface area (Å²) in [6.07, 6.45) is -0.213. The van der Waals surface area contributed by atoms with Gasteiger partial charge in [-0.05, 0) is 71.1 Å². The Labute approximate surface area is 237 Å². The van der Waals surface area contributed by atoms with Crippen LogP contribution in [0.1, 0.15) is 77.6 Å². The molecule has 0 bridgehead atoms. The first-order valence-corrected chi connectivity index (χ1v) is 13.6. The maximum absolute atomic E-state index is 14.3. The van der Waals surface area contributed by atoms with Crippen molar-refractivity contribution < 1.29 is 24.2 Å². The molecule has 2 aromatic carbocycles. The van der Waals surface area contributed by atoms with E-state index in [-0.39, 0.29) is 17.2 Å². The zero-order valence-electron chi connectivity index (χ0n) is 24.4. The van der Waals surface area contributed by atoms with Crippen LogP contribution < -0.4 is 10.6 Å². The lowest BCUT2D eigenvalue weighted by molar-refractivity contribution is -0.144. The van der Waals surface area contributed by atoms with E-state index < -0.39 is 41.6 Å². The number of anilines is 1. The van der Waals surface area contributed by atoms with Crippen molar-refractivity contribution in [3.63, 3.8) is 0 Å². The van der Waals surface area contributed by atoms with Gasteiger partial charge in [-0.2, -0.15) is 0 Å². The molecule has 0 aromatic heterocycles. The van der Waals surface area contributed by atoms with E-state index in [2.05, 4.69) is 10.6 Å². The molecule has 3 atom stereocenters. The number of aromatic hydroxyl groups is 1. The third-order valence-electron chi connectivity index (χ3n) is 6.49. The van der Waals surface area contributed by atoms with Gasteiger partial charge in [-0.1, -0.05) is 62.7 Å². The number of phenolic OH excluding ortho intramolecular Hbond substituents is 1. The van der Waals surface area contributed by atoms with Gasteiger partial charge in [-0.25, -0.2) is 4.79 Å². The number of carbonyl (C=O) groups excluding carboxylic acids is 3. The summed E-state index contributed by atoms with van der Waals surface area (Å²) < 4.78 is 5.41. The summed E-state index contributed by atoms with van der Waals surface area (Å²) in [5.74, 6) is -1.42. The van der Waals surface area contributed by atoms with Crippen molar-refractivity contribution in [2.24, 2.45) is 5.92 Å². The lowest BCUT2D eigenvalue weighted by Crippen LogP contribution is -2.56. The molecule has 0 aliphatic heterocycles. The Kier molecular flexibility index (Phi) is 10.8. The summed E-state index contributed by atoms with van der Waals surface area (Å²) in [5.41, 5.74) is 1.24. The summed E-state index contributed by atoms with van der Waals surface area (Å²) >= 11 is 6.41. The van der Waals surface area contributed by atoms with Crippen LogP contribution in [0.5, 0.6) is 5.75 Å². The van der Waals surface area contributed by atoms with Gasteiger partial charge >= 0.3 is 6.09 Å². The average molecular weight is 560 g/mol. The highest BCUT2D eigenvalue weighted by atomic mass is 35.5.